The Labute approximate surface area is 146 Å². The largest absolute Gasteiger partial charge is 0.0776 e. The molecule has 0 aromatic heterocycles. The third-order valence-corrected chi connectivity index (χ3v) is 1.71. The second-order valence-electron chi connectivity index (χ2n) is 4.80. The SMILES string of the molecule is C.CC.CC.CC.CC(C)C.Cc1cccc(C(C)C)c1.[B]. The second kappa shape index (κ2) is 32.3. The maximum Gasteiger partial charge on any atom is 0 e. The summed E-state index contributed by atoms with van der Waals surface area (Å²) in [7, 11) is 0. The lowest BCUT2D eigenvalue weighted by atomic mass is 10.0. The van der Waals surface area contributed by atoms with Gasteiger partial charge >= 0.3 is 0 Å². The van der Waals surface area contributed by atoms with E-state index in [-0.39, 0.29) is 15.8 Å². The van der Waals surface area contributed by atoms with Gasteiger partial charge in [0.2, 0.25) is 0 Å². The summed E-state index contributed by atoms with van der Waals surface area (Å²) in [4.78, 5) is 0. The minimum absolute atomic E-state index is 0. The van der Waals surface area contributed by atoms with Gasteiger partial charge in [-0.2, -0.15) is 0 Å². The van der Waals surface area contributed by atoms with Crippen LogP contribution in [0.1, 0.15) is 101 Å². The van der Waals surface area contributed by atoms with Gasteiger partial charge < -0.3 is 0 Å². The summed E-state index contributed by atoms with van der Waals surface area (Å²) in [5.74, 6) is 1.49. The molecule has 0 aliphatic heterocycles. The Balaban J connectivity index is -0.0000000460. The molecule has 0 aliphatic rings. The average Bonchev–Trinajstić information content (AvgIpc) is 2.45. The third kappa shape index (κ3) is 36.5. The number of aryl methyl sites for hydroxylation is 1. The van der Waals surface area contributed by atoms with E-state index in [1.807, 2.05) is 41.5 Å². The summed E-state index contributed by atoms with van der Waals surface area (Å²) in [6.45, 7) is 25.1. The van der Waals surface area contributed by atoms with Crippen molar-refractivity contribution in [2.45, 2.75) is 96.4 Å². The molecule has 0 nitrogen and oxygen atoms in total. The van der Waals surface area contributed by atoms with Crippen LogP contribution in [0, 0.1) is 12.8 Å². The maximum absolute atomic E-state index is 2.24. The summed E-state index contributed by atoms with van der Waals surface area (Å²) < 4.78 is 0. The van der Waals surface area contributed by atoms with Gasteiger partial charge in [0.1, 0.15) is 0 Å². The molecule has 0 saturated heterocycles. The first-order valence-electron chi connectivity index (χ1n) is 8.50. The molecule has 22 heavy (non-hydrogen) atoms. The minimum atomic E-state index is 0. The molecule has 0 amide bonds. The third-order valence-electron chi connectivity index (χ3n) is 1.71. The highest BCUT2D eigenvalue weighted by Crippen LogP contribution is 2.14. The van der Waals surface area contributed by atoms with Crippen molar-refractivity contribution in [2.24, 2.45) is 5.92 Å². The summed E-state index contributed by atoms with van der Waals surface area (Å²) >= 11 is 0. The molecule has 0 unspecified atom stereocenters. The van der Waals surface area contributed by atoms with Crippen molar-refractivity contribution in [1.29, 1.82) is 0 Å². The molecule has 0 atom stereocenters. The Morgan fingerprint density at radius 1 is 0.727 bits per heavy atom. The van der Waals surface area contributed by atoms with Gasteiger partial charge in [0.05, 0.1) is 0 Å². The van der Waals surface area contributed by atoms with Crippen LogP contribution in [0.25, 0.3) is 0 Å². The zero-order valence-electron chi connectivity index (χ0n) is 17.0. The Morgan fingerprint density at radius 2 is 1.05 bits per heavy atom. The van der Waals surface area contributed by atoms with E-state index in [1.54, 1.807) is 0 Å². The summed E-state index contributed by atoms with van der Waals surface area (Å²) in [5, 5.41) is 0. The first-order chi connectivity index (χ1) is 9.43. The zero-order chi connectivity index (χ0) is 17.1. The first-order valence-corrected chi connectivity index (χ1v) is 8.50. The molecule has 0 N–H and O–H groups in total. The Morgan fingerprint density at radius 3 is 1.23 bits per heavy atom. The first kappa shape index (κ1) is 37.5. The van der Waals surface area contributed by atoms with E-state index in [4.69, 9.17) is 0 Å². The van der Waals surface area contributed by atoms with Crippen LogP contribution in [0.2, 0.25) is 0 Å². The van der Waals surface area contributed by atoms with E-state index >= 15 is 0 Å². The van der Waals surface area contributed by atoms with Crippen molar-refractivity contribution in [2.75, 3.05) is 0 Å². The molecule has 133 valence electrons. The van der Waals surface area contributed by atoms with Crippen LogP contribution in [0.5, 0.6) is 0 Å². The van der Waals surface area contributed by atoms with Crippen molar-refractivity contribution >= 4 is 8.41 Å². The zero-order valence-corrected chi connectivity index (χ0v) is 17.0. The van der Waals surface area contributed by atoms with Gasteiger partial charge in [-0.25, -0.2) is 0 Å². The van der Waals surface area contributed by atoms with Crippen molar-refractivity contribution in [1.82, 2.24) is 0 Å². The van der Waals surface area contributed by atoms with Crippen LogP contribution in [0.4, 0.5) is 0 Å². The van der Waals surface area contributed by atoms with Gasteiger partial charge in [-0.15, -0.1) is 0 Å². The van der Waals surface area contributed by atoms with E-state index in [2.05, 4.69) is 65.8 Å². The van der Waals surface area contributed by atoms with Gasteiger partial charge in [-0.1, -0.05) is 113 Å². The van der Waals surface area contributed by atoms with Crippen LogP contribution >= 0.6 is 0 Å². The molecule has 0 heterocycles. The molecule has 0 bridgehead atoms. The van der Waals surface area contributed by atoms with E-state index in [0.29, 0.717) is 5.92 Å². The molecule has 1 aromatic carbocycles. The van der Waals surface area contributed by atoms with Gasteiger partial charge in [0.25, 0.3) is 0 Å². The van der Waals surface area contributed by atoms with E-state index < -0.39 is 0 Å². The number of hydrogen-bond donors (Lipinski definition) is 0. The predicted octanol–water partition coefficient (Wildman–Crippen LogP) is 8.11. The van der Waals surface area contributed by atoms with Crippen LogP contribution in [-0.4, -0.2) is 8.41 Å². The van der Waals surface area contributed by atoms with Crippen LogP contribution < -0.4 is 0 Å². The average molecular weight is 309 g/mol. The molecule has 0 saturated carbocycles. The van der Waals surface area contributed by atoms with Crippen molar-refractivity contribution in [3.63, 3.8) is 0 Å². The summed E-state index contributed by atoms with van der Waals surface area (Å²) in [6.07, 6.45) is 0. The van der Waals surface area contributed by atoms with Crippen molar-refractivity contribution in [3.8, 4) is 0 Å². The van der Waals surface area contributed by atoms with Gasteiger partial charge in [0.15, 0.2) is 0 Å². The Hall–Kier alpha value is -0.715. The van der Waals surface area contributed by atoms with Crippen molar-refractivity contribution < 1.29 is 0 Å². The van der Waals surface area contributed by atoms with Crippen LogP contribution in [0.15, 0.2) is 24.3 Å². The molecule has 1 heteroatoms. The molecule has 1 rings (SSSR count). The standard InChI is InChI=1S/C10H14.C4H10.3C2H6.CH4.B/c1-8(2)10-6-4-5-9(3)7-10;1-4(2)3;3*1-2;;/h4-8H,1-3H3;4H,1-3H3;3*1-2H3;1H4;. The predicted molar refractivity (Wildman–Crippen MR) is 112 cm³/mol. The van der Waals surface area contributed by atoms with Crippen molar-refractivity contribution in [3.05, 3.63) is 35.4 Å². The number of rotatable bonds is 1. The highest BCUT2D eigenvalue weighted by Gasteiger charge is 1.96. The highest BCUT2D eigenvalue weighted by atomic mass is 14.0. The summed E-state index contributed by atoms with van der Waals surface area (Å²) in [5.41, 5.74) is 2.78. The Bertz CT molecular complexity index is 249. The highest BCUT2D eigenvalue weighted by molar-refractivity contribution is 5.75. The molecule has 0 fully saturated rings. The lowest BCUT2D eigenvalue weighted by Gasteiger charge is -2.04. The van der Waals surface area contributed by atoms with Gasteiger partial charge in [-0.05, 0) is 24.3 Å². The normalized spacial score (nSPS) is 7.18. The van der Waals surface area contributed by atoms with E-state index in [1.165, 1.54) is 11.1 Å². The maximum atomic E-state index is 2.24. The summed E-state index contributed by atoms with van der Waals surface area (Å²) in [6, 6.07) is 8.67. The minimum Gasteiger partial charge on any atom is -0.0776 e. The fraction of sp³-hybridized carbons (Fsp3) is 0.714. The van der Waals surface area contributed by atoms with Crippen LogP contribution in [0.3, 0.4) is 0 Å². The van der Waals surface area contributed by atoms with E-state index in [0.717, 1.165) is 5.92 Å². The fourth-order valence-corrected chi connectivity index (χ4v) is 1.03. The molecular weight excluding hydrogens is 263 g/mol. The number of hydrogen-bond acceptors (Lipinski definition) is 0. The number of benzene rings is 1. The molecule has 0 aliphatic carbocycles. The smallest absolute Gasteiger partial charge is 0 e. The second-order valence-corrected chi connectivity index (χ2v) is 4.80. The monoisotopic (exact) mass is 309 g/mol. The van der Waals surface area contributed by atoms with Gasteiger partial charge in [-0.3, -0.25) is 0 Å². The van der Waals surface area contributed by atoms with Crippen LogP contribution in [-0.2, 0) is 0 Å². The molecular formula is C21H46B. The van der Waals surface area contributed by atoms with Gasteiger partial charge in [0, 0.05) is 8.41 Å². The lowest BCUT2D eigenvalue weighted by Crippen LogP contribution is -1.86. The quantitative estimate of drug-likeness (QED) is 0.459. The molecule has 1 aromatic rings. The molecule has 3 radical (unpaired) electrons. The van der Waals surface area contributed by atoms with E-state index in [9.17, 15) is 0 Å². The lowest BCUT2D eigenvalue weighted by molar-refractivity contribution is 0.737. The Kier molecular flexibility index (Phi) is 55.0. The topological polar surface area (TPSA) is 0 Å². The fourth-order valence-electron chi connectivity index (χ4n) is 1.03. The molecule has 0 spiro atoms.